The highest BCUT2D eigenvalue weighted by Crippen LogP contribution is 2.24. The van der Waals surface area contributed by atoms with Crippen molar-refractivity contribution < 1.29 is 22.6 Å². The van der Waals surface area contributed by atoms with E-state index in [2.05, 4.69) is 17.0 Å². The largest absolute Gasteiger partial charge is 0.573 e. The van der Waals surface area contributed by atoms with Crippen molar-refractivity contribution >= 4 is 0 Å². The van der Waals surface area contributed by atoms with Crippen molar-refractivity contribution in [3.05, 3.63) is 24.3 Å². The van der Waals surface area contributed by atoms with Gasteiger partial charge in [0, 0.05) is 6.54 Å². The molecule has 0 radical (unpaired) electrons. The van der Waals surface area contributed by atoms with E-state index in [1.54, 1.807) is 0 Å². The van der Waals surface area contributed by atoms with Gasteiger partial charge in [0.2, 0.25) is 0 Å². The van der Waals surface area contributed by atoms with Gasteiger partial charge >= 0.3 is 6.36 Å². The summed E-state index contributed by atoms with van der Waals surface area (Å²) in [5, 5.41) is 3.20. The third-order valence-corrected chi connectivity index (χ3v) is 2.25. The molecule has 1 atom stereocenters. The normalized spacial score (nSPS) is 13.1. The zero-order chi connectivity index (χ0) is 14.3. The Morgan fingerprint density at radius 1 is 1.16 bits per heavy atom. The molecule has 0 bridgehead atoms. The van der Waals surface area contributed by atoms with Gasteiger partial charge in [-0.3, -0.25) is 0 Å². The summed E-state index contributed by atoms with van der Waals surface area (Å²) < 4.78 is 45.2. The van der Waals surface area contributed by atoms with Crippen LogP contribution in [0.1, 0.15) is 20.3 Å². The van der Waals surface area contributed by atoms with Crippen LogP contribution in [0, 0.1) is 0 Å². The van der Waals surface area contributed by atoms with Crippen LogP contribution in [0.5, 0.6) is 11.5 Å². The van der Waals surface area contributed by atoms with Crippen LogP contribution >= 0.6 is 0 Å². The van der Waals surface area contributed by atoms with Gasteiger partial charge in [0.25, 0.3) is 0 Å². The van der Waals surface area contributed by atoms with Gasteiger partial charge in [0.05, 0.1) is 0 Å². The van der Waals surface area contributed by atoms with E-state index in [0.717, 1.165) is 13.0 Å². The summed E-state index contributed by atoms with van der Waals surface area (Å²) in [5.74, 6) is 0.261. The molecule has 0 aliphatic heterocycles. The fraction of sp³-hybridized carbons (Fsp3) is 0.538. The maximum Gasteiger partial charge on any atom is 0.573 e. The van der Waals surface area contributed by atoms with Crippen molar-refractivity contribution in [2.45, 2.75) is 32.7 Å². The molecular formula is C13H18F3NO2. The number of nitrogens with one attached hydrogen (secondary N) is 1. The van der Waals surface area contributed by atoms with Crippen LogP contribution in [-0.4, -0.2) is 25.6 Å². The second-order valence-corrected chi connectivity index (χ2v) is 4.15. The lowest BCUT2D eigenvalue weighted by molar-refractivity contribution is -0.274. The first-order valence-electron chi connectivity index (χ1n) is 6.14. The molecule has 0 fully saturated rings. The molecule has 0 aliphatic carbocycles. The molecule has 0 spiro atoms. The number of benzene rings is 1. The van der Waals surface area contributed by atoms with Gasteiger partial charge in [-0.1, -0.05) is 6.92 Å². The fourth-order valence-electron chi connectivity index (χ4n) is 1.48. The van der Waals surface area contributed by atoms with Crippen LogP contribution in [0.3, 0.4) is 0 Å². The highest BCUT2D eigenvalue weighted by atomic mass is 19.4. The molecule has 1 aromatic rings. The smallest absolute Gasteiger partial charge is 0.489 e. The summed E-state index contributed by atoms with van der Waals surface area (Å²) >= 11 is 0. The lowest BCUT2D eigenvalue weighted by Crippen LogP contribution is -2.29. The molecule has 0 aliphatic rings. The zero-order valence-electron chi connectivity index (χ0n) is 11.0. The van der Waals surface area contributed by atoms with Crippen molar-refractivity contribution in [2.24, 2.45) is 0 Å². The SMILES string of the molecule is CCCNCC(C)Oc1ccc(OC(F)(F)F)cc1. The number of hydrogen-bond donors (Lipinski definition) is 1. The summed E-state index contributed by atoms with van der Waals surface area (Å²) in [4.78, 5) is 0. The average molecular weight is 277 g/mol. The summed E-state index contributed by atoms with van der Waals surface area (Å²) in [6, 6.07) is 5.37. The van der Waals surface area contributed by atoms with Crippen molar-refractivity contribution in [1.29, 1.82) is 0 Å². The molecule has 1 aromatic carbocycles. The Labute approximate surface area is 110 Å². The van der Waals surface area contributed by atoms with Crippen LogP contribution in [0.4, 0.5) is 13.2 Å². The first kappa shape index (κ1) is 15.6. The Morgan fingerprint density at radius 3 is 2.26 bits per heavy atom. The van der Waals surface area contributed by atoms with Crippen LogP contribution in [0.2, 0.25) is 0 Å². The van der Waals surface area contributed by atoms with Crippen molar-refractivity contribution in [1.82, 2.24) is 5.32 Å². The predicted molar refractivity (Wildman–Crippen MR) is 66.4 cm³/mol. The monoisotopic (exact) mass is 277 g/mol. The minimum absolute atomic E-state index is 0.0547. The Bertz CT molecular complexity index is 365. The van der Waals surface area contributed by atoms with Crippen LogP contribution in [-0.2, 0) is 0 Å². The van der Waals surface area contributed by atoms with E-state index >= 15 is 0 Å². The maximum absolute atomic E-state index is 12.0. The highest BCUT2D eigenvalue weighted by molar-refractivity contribution is 5.31. The molecule has 0 saturated heterocycles. The van der Waals surface area contributed by atoms with E-state index < -0.39 is 6.36 Å². The second-order valence-electron chi connectivity index (χ2n) is 4.15. The highest BCUT2D eigenvalue weighted by Gasteiger charge is 2.30. The van der Waals surface area contributed by atoms with Crippen LogP contribution in [0.15, 0.2) is 24.3 Å². The number of alkyl halides is 3. The Balaban J connectivity index is 2.43. The Morgan fingerprint density at radius 2 is 1.74 bits per heavy atom. The molecule has 19 heavy (non-hydrogen) atoms. The summed E-state index contributed by atoms with van der Waals surface area (Å²) in [6.45, 7) is 5.56. The van der Waals surface area contributed by atoms with Gasteiger partial charge in [-0.25, -0.2) is 0 Å². The molecular weight excluding hydrogens is 259 g/mol. The van der Waals surface area contributed by atoms with E-state index in [1.807, 2.05) is 6.92 Å². The van der Waals surface area contributed by atoms with E-state index in [0.29, 0.717) is 12.3 Å². The minimum atomic E-state index is -4.67. The molecule has 1 N–H and O–H groups in total. The second kappa shape index (κ2) is 7.23. The first-order chi connectivity index (χ1) is 8.90. The molecule has 3 nitrogen and oxygen atoms in total. The van der Waals surface area contributed by atoms with E-state index in [9.17, 15) is 13.2 Å². The van der Waals surface area contributed by atoms with Gasteiger partial charge < -0.3 is 14.8 Å². The Hall–Kier alpha value is -1.43. The summed E-state index contributed by atoms with van der Waals surface area (Å²) in [6.07, 6.45) is -3.68. The van der Waals surface area contributed by atoms with Crippen LogP contribution < -0.4 is 14.8 Å². The van der Waals surface area contributed by atoms with Crippen molar-refractivity contribution in [3.63, 3.8) is 0 Å². The molecule has 0 heterocycles. The Kier molecular flexibility index (Phi) is 5.95. The molecule has 0 amide bonds. The molecule has 0 aromatic heterocycles. The van der Waals surface area contributed by atoms with Gasteiger partial charge in [-0.15, -0.1) is 13.2 Å². The molecule has 6 heteroatoms. The van der Waals surface area contributed by atoms with Gasteiger partial charge in [-0.2, -0.15) is 0 Å². The number of halogens is 3. The number of rotatable bonds is 7. The molecule has 108 valence electrons. The maximum atomic E-state index is 12.0. The lowest BCUT2D eigenvalue weighted by Gasteiger charge is -2.16. The summed E-state index contributed by atoms with van der Waals surface area (Å²) in [5.41, 5.74) is 0. The minimum Gasteiger partial charge on any atom is -0.489 e. The summed E-state index contributed by atoms with van der Waals surface area (Å²) in [7, 11) is 0. The van der Waals surface area contributed by atoms with Crippen molar-refractivity contribution in [2.75, 3.05) is 13.1 Å². The lowest BCUT2D eigenvalue weighted by atomic mass is 10.3. The topological polar surface area (TPSA) is 30.5 Å². The van der Waals surface area contributed by atoms with Gasteiger partial charge in [-0.05, 0) is 44.2 Å². The zero-order valence-corrected chi connectivity index (χ0v) is 11.0. The molecule has 0 saturated carbocycles. The van der Waals surface area contributed by atoms with Crippen LogP contribution in [0.25, 0.3) is 0 Å². The third-order valence-electron chi connectivity index (χ3n) is 2.25. The number of hydrogen-bond acceptors (Lipinski definition) is 3. The van der Waals surface area contributed by atoms with Gasteiger partial charge in [0.1, 0.15) is 17.6 Å². The first-order valence-corrected chi connectivity index (χ1v) is 6.14. The van der Waals surface area contributed by atoms with Gasteiger partial charge in [0.15, 0.2) is 0 Å². The molecule has 1 rings (SSSR count). The average Bonchev–Trinajstić information content (AvgIpc) is 2.30. The quantitative estimate of drug-likeness (QED) is 0.775. The van der Waals surface area contributed by atoms with E-state index in [-0.39, 0.29) is 11.9 Å². The molecule has 1 unspecified atom stereocenters. The van der Waals surface area contributed by atoms with E-state index in [4.69, 9.17) is 4.74 Å². The van der Waals surface area contributed by atoms with E-state index in [1.165, 1.54) is 24.3 Å². The predicted octanol–water partition coefficient (Wildman–Crippen LogP) is 3.35. The third kappa shape index (κ3) is 6.91. The fourth-order valence-corrected chi connectivity index (χ4v) is 1.48. The van der Waals surface area contributed by atoms with Crippen molar-refractivity contribution in [3.8, 4) is 11.5 Å². The standard InChI is InChI=1S/C13H18F3NO2/c1-3-8-17-9-10(2)18-11-4-6-12(7-5-11)19-13(14,15)16/h4-7,10,17H,3,8-9H2,1-2H3. The number of ether oxygens (including phenoxy) is 2.